The van der Waals surface area contributed by atoms with Gasteiger partial charge in [-0.15, -0.1) is 0 Å². The number of ether oxygens (including phenoxy) is 1. The van der Waals surface area contributed by atoms with Gasteiger partial charge in [-0.1, -0.05) is 30.3 Å². The zero-order chi connectivity index (χ0) is 10.5. The number of benzene rings is 1. The van der Waals surface area contributed by atoms with Crippen LogP contribution in [0.3, 0.4) is 0 Å². The van der Waals surface area contributed by atoms with Gasteiger partial charge in [0, 0.05) is 25.1 Å². The fraction of sp³-hybridized carbons (Fsp3) is 0.538. The molecule has 2 nitrogen and oxygen atoms in total. The second kappa shape index (κ2) is 5.29. The molecular weight excluding hydrogens is 186 g/mol. The molecule has 2 rings (SSSR count). The Bertz CT molecular complexity index is 286. The summed E-state index contributed by atoms with van der Waals surface area (Å²) in [6, 6.07) is 11.4. The van der Waals surface area contributed by atoms with Crippen molar-refractivity contribution < 1.29 is 4.74 Å². The lowest BCUT2D eigenvalue weighted by Crippen LogP contribution is -2.22. The summed E-state index contributed by atoms with van der Waals surface area (Å²) in [6.45, 7) is 4.65. The SMILES string of the molecule is CCOCCN[C@H]1CC1c1ccccc1. The van der Waals surface area contributed by atoms with Crippen LogP contribution in [0, 0.1) is 0 Å². The molecule has 0 spiro atoms. The Labute approximate surface area is 91.6 Å². The van der Waals surface area contributed by atoms with Crippen LogP contribution in [0.15, 0.2) is 30.3 Å². The highest BCUT2D eigenvalue weighted by atomic mass is 16.5. The Morgan fingerprint density at radius 3 is 2.87 bits per heavy atom. The van der Waals surface area contributed by atoms with E-state index in [1.54, 1.807) is 0 Å². The smallest absolute Gasteiger partial charge is 0.0590 e. The van der Waals surface area contributed by atoms with Gasteiger partial charge >= 0.3 is 0 Å². The molecule has 0 radical (unpaired) electrons. The first-order chi connectivity index (χ1) is 7.42. The van der Waals surface area contributed by atoms with Crippen LogP contribution >= 0.6 is 0 Å². The molecule has 1 aliphatic carbocycles. The van der Waals surface area contributed by atoms with Crippen molar-refractivity contribution in [3.8, 4) is 0 Å². The van der Waals surface area contributed by atoms with E-state index >= 15 is 0 Å². The van der Waals surface area contributed by atoms with E-state index < -0.39 is 0 Å². The molecule has 0 saturated heterocycles. The quantitative estimate of drug-likeness (QED) is 0.719. The average molecular weight is 205 g/mol. The normalized spacial score (nSPS) is 24.1. The van der Waals surface area contributed by atoms with Crippen molar-refractivity contribution in [2.24, 2.45) is 0 Å². The first-order valence-corrected chi connectivity index (χ1v) is 5.78. The molecule has 1 saturated carbocycles. The molecule has 0 aromatic heterocycles. The Kier molecular flexibility index (Phi) is 3.75. The molecule has 1 N–H and O–H groups in total. The van der Waals surface area contributed by atoms with Gasteiger partial charge in [0.1, 0.15) is 0 Å². The lowest BCUT2D eigenvalue weighted by molar-refractivity contribution is 0.149. The predicted molar refractivity (Wildman–Crippen MR) is 62.1 cm³/mol. The molecule has 0 heterocycles. The van der Waals surface area contributed by atoms with E-state index in [1.165, 1.54) is 12.0 Å². The maximum Gasteiger partial charge on any atom is 0.0590 e. The molecule has 1 aromatic carbocycles. The zero-order valence-electron chi connectivity index (χ0n) is 9.28. The first kappa shape index (κ1) is 10.7. The van der Waals surface area contributed by atoms with Crippen LogP contribution in [-0.2, 0) is 4.74 Å². The summed E-state index contributed by atoms with van der Waals surface area (Å²) in [7, 11) is 0. The summed E-state index contributed by atoms with van der Waals surface area (Å²) in [5, 5.41) is 3.51. The fourth-order valence-corrected chi connectivity index (χ4v) is 1.95. The van der Waals surface area contributed by atoms with Crippen molar-refractivity contribution in [2.45, 2.75) is 25.3 Å². The number of hydrogen-bond donors (Lipinski definition) is 1. The summed E-state index contributed by atoms with van der Waals surface area (Å²) in [5.41, 5.74) is 1.46. The minimum Gasteiger partial charge on any atom is -0.380 e. The van der Waals surface area contributed by atoms with Crippen molar-refractivity contribution >= 4 is 0 Å². The van der Waals surface area contributed by atoms with Crippen LogP contribution in [0.5, 0.6) is 0 Å². The monoisotopic (exact) mass is 205 g/mol. The van der Waals surface area contributed by atoms with E-state index in [0.29, 0.717) is 6.04 Å². The van der Waals surface area contributed by atoms with Crippen LogP contribution in [0.1, 0.15) is 24.8 Å². The molecule has 0 bridgehead atoms. The molecule has 1 fully saturated rings. The highest BCUT2D eigenvalue weighted by Crippen LogP contribution is 2.40. The van der Waals surface area contributed by atoms with E-state index in [1.807, 2.05) is 6.92 Å². The van der Waals surface area contributed by atoms with Crippen LogP contribution in [0.25, 0.3) is 0 Å². The van der Waals surface area contributed by atoms with Gasteiger partial charge in [-0.3, -0.25) is 0 Å². The minimum absolute atomic E-state index is 0.674. The number of nitrogens with one attached hydrogen (secondary N) is 1. The third-order valence-corrected chi connectivity index (χ3v) is 2.88. The van der Waals surface area contributed by atoms with Crippen LogP contribution < -0.4 is 5.32 Å². The predicted octanol–water partition coefficient (Wildman–Crippen LogP) is 2.17. The Morgan fingerprint density at radius 1 is 1.33 bits per heavy atom. The second-order valence-electron chi connectivity index (χ2n) is 4.01. The zero-order valence-corrected chi connectivity index (χ0v) is 9.28. The van der Waals surface area contributed by atoms with E-state index in [9.17, 15) is 0 Å². The van der Waals surface area contributed by atoms with Gasteiger partial charge in [0.05, 0.1) is 6.61 Å². The molecule has 0 amide bonds. The molecule has 0 aliphatic heterocycles. The van der Waals surface area contributed by atoms with E-state index in [0.717, 1.165) is 25.7 Å². The van der Waals surface area contributed by atoms with Gasteiger partial charge in [0.15, 0.2) is 0 Å². The number of hydrogen-bond acceptors (Lipinski definition) is 2. The molecular formula is C13H19NO. The molecule has 1 aromatic rings. The van der Waals surface area contributed by atoms with E-state index in [4.69, 9.17) is 4.74 Å². The van der Waals surface area contributed by atoms with Gasteiger partial charge in [0.25, 0.3) is 0 Å². The molecule has 1 unspecified atom stereocenters. The average Bonchev–Trinajstić information content (AvgIpc) is 3.05. The Balaban J connectivity index is 1.68. The van der Waals surface area contributed by atoms with Crippen molar-refractivity contribution in [3.05, 3.63) is 35.9 Å². The van der Waals surface area contributed by atoms with E-state index in [-0.39, 0.29) is 0 Å². The van der Waals surface area contributed by atoms with Crippen molar-refractivity contribution in [1.29, 1.82) is 0 Å². The fourth-order valence-electron chi connectivity index (χ4n) is 1.95. The van der Waals surface area contributed by atoms with Crippen molar-refractivity contribution in [2.75, 3.05) is 19.8 Å². The van der Waals surface area contributed by atoms with Gasteiger partial charge in [-0.25, -0.2) is 0 Å². The topological polar surface area (TPSA) is 21.3 Å². The third-order valence-electron chi connectivity index (χ3n) is 2.88. The molecule has 2 heteroatoms. The molecule has 82 valence electrons. The summed E-state index contributed by atoms with van der Waals surface area (Å²) in [4.78, 5) is 0. The second-order valence-corrected chi connectivity index (χ2v) is 4.01. The van der Waals surface area contributed by atoms with Crippen LogP contribution in [-0.4, -0.2) is 25.8 Å². The Morgan fingerprint density at radius 2 is 2.13 bits per heavy atom. The molecule has 15 heavy (non-hydrogen) atoms. The summed E-state index contributed by atoms with van der Waals surface area (Å²) in [5.74, 6) is 0.729. The van der Waals surface area contributed by atoms with Crippen LogP contribution in [0.4, 0.5) is 0 Å². The standard InChI is InChI=1S/C13H19NO/c1-2-15-9-8-14-13-10-12(13)11-6-4-3-5-7-11/h3-7,12-14H,2,8-10H2,1H3/t12?,13-/m0/s1. The Hall–Kier alpha value is -0.860. The number of rotatable bonds is 6. The first-order valence-electron chi connectivity index (χ1n) is 5.78. The van der Waals surface area contributed by atoms with Crippen molar-refractivity contribution in [3.63, 3.8) is 0 Å². The lowest BCUT2D eigenvalue weighted by atomic mass is 10.1. The van der Waals surface area contributed by atoms with Crippen molar-refractivity contribution in [1.82, 2.24) is 5.32 Å². The summed E-state index contributed by atoms with van der Waals surface area (Å²) >= 11 is 0. The largest absolute Gasteiger partial charge is 0.380 e. The maximum absolute atomic E-state index is 5.29. The van der Waals surface area contributed by atoms with Gasteiger partial charge < -0.3 is 10.1 Å². The highest BCUT2D eigenvalue weighted by Gasteiger charge is 2.37. The highest BCUT2D eigenvalue weighted by molar-refractivity contribution is 5.27. The van der Waals surface area contributed by atoms with Gasteiger partial charge in [-0.2, -0.15) is 0 Å². The van der Waals surface area contributed by atoms with Gasteiger partial charge in [0.2, 0.25) is 0 Å². The maximum atomic E-state index is 5.29. The third kappa shape index (κ3) is 3.05. The lowest BCUT2D eigenvalue weighted by Gasteiger charge is -2.04. The van der Waals surface area contributed by atoms with E-state index in [2.05, 4.69) is 35.6 Å². The van der Waals surface area contributed by atoms with Crippen LogP contribution in [0.2, 0.25) is 0 Å². The minimum atomic E-state index is 0.674. The summed E-state index contributed by atoms with van der Waals surface area (Å²) in [6.07, 6.45) is 1.27. The summed E-state index contributed by atoms with van der Waals surface area (Å²) < 4.78 is 5.29. The molecule has 2 atom stereocenters. The van der Waals surface area contributed by atoms with Gasteiger partial charge in [-0.05, 0) is 18.9 Å². The molecule has 1 aliphatic rings.